The number of hydrogen-bond acceptors (Lipinski definition) is 5. The van der Waals surface area contributed by atoms with Crippen LogP contribution < -0.4 is 10.1 Å². The first kappa shape index (κ1) is 27.3. The van der Waals surface area contributed by atoms with Crippen LogP contribution in [0.3, 0.4) is 0 Å². The van der Waals surface area contributed by atoms with Gasteiger partial charge in [-0.3, -0.25) is 9.69 Å². The maximum absolute atomic E-state index is 13.1. The Morgan fingerprint density at radius 3 is 2.65 bits per heavy atom. The van der Waals surface area contributed by atoms with Crippen LogP contribution >= 0.6 is 0 Å². The van der Waals surface area contributed by atoms with Crippen LogP contribution in [-0.2, 0) is 17.5 Å². The van der Waals surface area contributed by atoms with E-state index < -0.39 is 11.7 Å². The number of hydrogen-bond donors (Lipinski definition) is 2. The average Bonchev–Trinajstić information content (AvgIpc) is 3.28. The Labute approximate surface area is 216 Å². The standard InChI is InChI=1S/C28H36F3N3O3/c1-33-13-3-5-24(33)11-12-32-27(36)22-14-21(17-34(18-22)16-20-7-9-25(35)10-8-20)19-37-26-6-2-4-23(15-26)28(29,30)31/h2,4,6-10,15,21-22,24,35H,3,5,11-14,16-19H2,1H3,(H,32,36)/t21-,22+,24?/m0/s1. The molecule has 6 nitrogen and oxygen atoms in total. The van der Waals surface area contributed by atoms with E-state index in [0.29, 0.717) is 38.6 Å². The van der Waals surface area contributed by atoms with Gasteiger partial charge in [0, 0.05) is 38.1 Å². The quantitative estimate of drug-likeness (QED) is 0.510. The highest BCUT2D eigenvalue weighted by molar-refractivity contribution is 5.79. The summed E-state index contributed by atoms with van der Waals surface area (Å²) in [6.45, 7) is 3.82. The van der Waals surface area contributed by atoms with Crippen LogP contribution in [0, 0.1) is 11.8 Å². The SMILES string of the molecule is CN1CCCC1CCNC(=O)[C@@H]1C[C@H](COc2cccc(C(F)(F)F)c2)CN(Cc2ccc(O)cc2)C1. The van der Waals surface area contributed by atoms with Gasteiger partial charge >= 0.3 is 6.18 Å². The molecule has 2 aliphatic heterocycles. The van der Waals surface area contributed by atoms with Gasteiger partial charge in [-0.2, -0.15) is 13.2 Å². The van der Waals surface area contributed by atoms with Crippen LogP contribution in [0.5, 0.6) is 11.5 Å². The van der Waals surface area contributed by atoms with Gasteiger partial charge in [-0.1, -0.05) is 18.2 Å². The van der Waals surface area contributed by atoms with E-state index in [2.05, 4.69) is 22.2 Å². The zero-order valence-corrected chi connectivity index (χ0v) is 21.2. The number of phenols is 1. The molecule has 0 bridgehead atoms. The van der Waals surface area contributed by atoms with E-state index in [1.807, 2.05) is 12.1 Å². The maximum Gasteiger partial charge on any atom is 0.416 e. The number of benzene rings is 2. The number of piperidine rings is 1. The molecular weight excluding hydrogens is 483 g/mol. The van der Waals surface area contributed by atoms with Gasteiger partial charge in [0.15, 0.2) is 0 Å². The van der Waals surface area contributed by atoms with E-state index in [1.54, 1.807) is 12.1 Å². The number of ether oxygens (including phenoxy) is 1. The van der Waals surface area contributed by atoms with Gasteiger partial charge < -0.3 is 20.1 Å². The van der Waals surface area contributed by atoms with E-state index in [9.17, 15) is 23.1 Å². The predicted octanol–water partition coefficient (Wildman–Crippen LogP) is 4.53. The molecule has 2 N–H and O–H groups in total. The van der Waals surface area contributed by atoms with Crippen molar-refractivity contribution in [1.82, 2.24) is 15.1 Å². The number of nitrogens with one attached hydrogen (secondary N) is 1. The Balaban J connectivity index is 1.38. The van der Waals surface area contributed by atoms with E-state index in [4.69, 9.17) is 4.74 Å². The molecule has 2 heterocycles. The zero-order chi connectivity index (χ0) is 26.4. The normalized spacial score (nSPS) is 23.2. The van der Waals surface area contributed by atoms with Crippen molar-refractivity contribution in [2.24, 2.45) is 11.8 Å². The van der Waals surface area contributed by atoms with Crippen molar-refractivity contribution in [3.8, 4) is 11.5 Å². The number of amides is 1. The van der Waals surface area contributed by atoms with Crippen molar-refractivity contribution in [3.63, 3.8) is 0 Å². The van der Waals surface area contributed by atoms with Crippen LogP contribution in [-0.4, -0.2) is 66.7 Å². The molecule has 0 radical (unpaired) electrons. The summed E-state index contributed by atoms with van der Waals surface area (Å²) in [5.41, 5.74) is 0.272. The molecule has 9 heteroatoms. The van der Waals surface area contributed by atoms with Gasteiger partial charge in [-0.15, -0.1) is 0 Å². The van der Waals surface area contributed by atoms with Crippen molar-refractivity contribution >= 4 is 5.91 Å². The molecule has 37 heavy (non-hydrogen) atoms. The molecule has 202 valence electrons. The lowest BCUT2D eigenvalue weighted by Crippen LogP contribution is -2.47. The third-order valence-electron chi connectivity index (χ3n) is 7.42. The van der Waals surface area contributed by atoms with Crippen molar-refractivity contribution in [3.05, 3.63) is 59.7 Å². The Morgan fingerprint density at radius 1 is 1.16 bits per heavy atom. The lowest BCUT2D eigenvalue weighted by atomic mass is 9.88. The Bertz CT molecular complexity index is 1030. The first-order valence-corrected chi connectivity index (χ1v) is 13.0. The number of aromatic hydroxyl groups is 1. The number of rotatable bonds is 9. The largest absolute Gasteiger partial charge is 0.508 e. The molecule has 2 aromatic rings. The third kappa shape index (κ3) is 7.85. The lowest BCUT2D eigenvalue weighted by molar-refractivity contribution is -0.137. The zero-order valence-electron chi connectivity index (χ0n) is 21.2. The highest BCUT2D eigenvalue weighted by Crippen LogP contribution is 2.32. The number of phenolic OH excluding ortho intramolecular Hbond substituents is 1. The number of alkyl halides is 3. The molecule has 0 saturated carbocycles. The van der Waals surface area contributed by atoms with Crippen LogP contribution in [0.4, 0.5) is 13.2 Å². The number of likely N-dealkylation sites (tertiary alicyclic amines) is 2. The summed E-state index contributed by atoms with van der Waals surface area (Å²) < 4.78 is 45.0. The van der Waals surface area contributed by atoms with E-state index in [0.717, 1.165) is 37.1 Å². The van der Waals surface area contributed by atoms with Gasteiger partial charge in [0.1, 0.15) is 11.5 Å². The molecule has 0 aromatic heterocycles. The minimum atomic E-state index is -4.43. The molecule has 1 unspecified atom stereocenters. The predicted molar refractivity (Wildman–Crippen MR) is 135 cm³/mol. The first-order valence-electron chi connectivity index (χ1n) is 13.0. The molecular formula is C28H36F3N3O3. The second-order valence-electron chi connectivity index (χ2n) is 10.4. The highest BCUT2D eigenvalue weighted by Gasteiger charge is 2.33. The lowest BCUT2D eigenvalue weighted by Gasteiger charge is -2.37. The number of carbonyl (C=O) groups excluding carboxylic acids is 1. The molecule has 2 aliphatic rings. The van der Waals surface area contributed by atoms with E-state index in [-0.39, 0.29) is 35.8 Å². The van der Waals surface area contributed by atoms with Crippen LogP contribution in [0.25, 0.3) is 0 Å². The molecule has 4 rings (SSSR count). The summed E-state index contributed by atoms with van der Waals surface area (Å²) >= 11 is 0. The Morgan fingerprint density at radius 2 is 1.95 bits per heavy atom. The second kappa shape index (κ2) is 12.2. The molecule has 1 amide bonds. The van der Waals surface area contributed by atoms with Crippen LogP contribution in [0.15, 0.2) is 48.5 Å². The summed E-state index contributed by atoms with van der Waals surface area (Å²) in [6, 6.07) is 12.4. The van der Waals surface area contributed by atoms with Crippen LogP contribution in [0.2, 0.25) is 0 Å². The minimum Gasteiger partial charge on any atom is -0.508 e. The summed E-state index contributed by atoms with van der Waals surface area (Å²) in [6.07, 6.45) is -0.543. The van der Waals surface area contributed by atoms with Gasteiger partial charge in [0.25, 0.3) is 0 Å². The van der Waals surface area contributed by atoms with Crippen molar-refractivity contribution in [2.45, 2.75) is 44.4 Å². The molecule has 2 fully saturated rings. The fraction of sp³-hybridized carbons (Fsp3) is 0.536. The second-order valence-corrected chi connectivity index (χ2v) is 10.4. The molecule has 3 atom stereocenters. The number of halogens is 3. The van der Waals surface area contributed by atoms with Gasteiger partial charge in [0.2, 0.25) is 5.91 Å². The Kier molecular flexibility index (Phi) is 8.97. The average molecular weight is 520 g/mol. The van der Waals surface area contributed by atoms with Crippen molar-refractivity contribution in [1.29, 1.82) is 0 Å². The Hall–Kier alpha value is -2.78. The monoisotopic (exact) mass is 519 g/mol. The smallest absolute Gasteiger partial charge is 0.416 e. The van der Waals surface area contributed by atoms with Crippen LogP contribution in [0.1, 0.15) is 36.8 Å². The number of carbonyl (C=O) groups is 1. The number of nitrogens with zero attached hydrogens (tertiary/aromatic N) is 2. The van der Waals surface area contributed by atoms with Gasteiger partial charge in [0.05, 0.1) is 18.1 Å². The van der Waals surface area contributed by atoms with Gasteiger partial charge in [-0.25, -0.2) is 0 Å². The minimum absolute atomic E-state index is 0.0140. The van der Waals surface area contributed by atoms with Crippen molar-refractivity contribution < 1.29 is 27.8 Å². The van der Waals surface area contributed by atoms with E-state index >= 15 is 0 Å². The summed E-state index contributed by atoms with van der Waals surface area (Å²) in [5.74, 6) is 0.131. The summed E-state index contributed by atoms with van der Waals surface area (Å²) in [5, 5.41) is 12.7. The molecule has 2 aromatic carbocycles. The fourth-order valence-corrected chi connectivity index (χ4v) is 5.43. The molecule has 0 spiro atoms. The molecule has 2 saturated heterocycles. The maximum atomic E-state index is 13.1. The third-order valence-corrected chi connectivity index (χ3v) is 7.42. The first-order chi connectivity index (χ1) is 17.7. The topological polar surface area (TPSA) is 65.0 Å². The highest BCUT2D eigenvalue weighted by atomic mass is 19.4. The van der Waals surface area contributed by atoms with Crippen molar-refractivity contribution in [2.75, 3.05) is 39.8 Å². The summed E-state index contributed by atoms with van der Waals surface area (Å²) in [7, 11) is 2.12. The molecule has 0 aliphatic carbocycles. The van der Waals surface area contributed by atoms with Gasteiger partial charge in [-0.05, 0) is 75.2 Å². The van der Waals surface area contributed by atoms with E-state index in [1.165, 1.54) is 18.6 Å². The fourth-order valence-electron chi connectivity index (χ4n) is 5.43. The summed E-state index contributed by atoms with van der Waals surface area (Å²) in [4.78, 5) is 17.6.